The Morgan fingerprint density at radius 3 is 2.64 bits per heavy atom. The molecule has 5 nitrogen and oxygen atoms in total. The Bertz CT molecular complexity index is 838. The molecular weight excluding hydrogens is 354 g/mol. The van der Waals surface area contributed by atoms with Crippen LogP contribution in [0.3, 0.4) is 0 Å². The van der Waals surface area contributed by atoms with Crippen molar-refractivity contribution in [2.75, 3.05) is 0 Å². The summed E-state index contributed by atoms with van der Waals surface area (Å²) in [6.07, 6.45) is 8.02. The highest BCUT2D eigenvalue weighted by molar-refractivity contribution is 6.04. The van der Waals surface area contributed by atoms with E-state index in [-0.39, 0.29) is 23.3 Å². The highest BCUT2D eigenvalue weighted by Gasteiger charge is 2.44. The first-order valence-electron chi connectivity index (χ1n) is 10.3. The fourth-order valence-electron chi connectivity index (χ4n) is 4.84. The Hall–Kier alpha value is -2.30. The monoisotopic (exact) mass is 383 g/mol. The van der Waals surface area contributed by atoms with Crippen LogP contribution in [0.15, 0.2) is 45.4 Å². The van der Waals surface area contributed by atoms with Crippen LogP contribution in [0, 0.1) is 5.41 Å². The van der Waals surface area contributed by atoms with Gasteiger partial charge < -0.3 is 14.5 Å². The zero-order valence-electron chi connectivity index (χ0n) is 17.0. The van der Waals surface area contributed by atoms with Gasteiger partial charge in [-0.3, -0.25) is 4.79 Å². The number of Topliss-reactive ketones (excluding diaryl/α,β-unsaturated/α-hetero) is 1. The number of carbonyl (C=O) groups excluding carboxylic acids is 2. The van der Waals surface area contributed by atoms with Crippen LogP contribution in [-0.4, -0.2) is 17.9 Å². The molecule has 1 saturated carbocycles. The molecule has 0 spiro atoms. The van der Waals surface area contributed by atoms with Gasteiger partial charge in [-0.15, -0.1) is 0 Å². The molecule has 2 heterocycles. The third-order valence-corrected chi connectivity index (χ3v) is 6.11. The summed E-state index contributed by atoms with van der Waals surface area (Å²) in [6, 6.07) is 3.64. The zero-order chi connectivity index (χ0) is 19.9. The highest BCUT2D eigenvalue weighted by Crippen LogP contribution is 2.47. The first-order valence-corrected chi connectivity index (χ1v) is 10.3. The topological polar surface area (TPSA) is 68.5 Å². The Morgan fingerprint density at radius 1 is 1.21 bits per heavy atom. The van der Waals surface area contributed by atoms with Gasteiger partial charge in [0, 0.05) is 23.4 Å². The van der Waals surface area contributed by atoms with E-state index in [0.717, 1.165) is 43.5 Å². The van der Waals surface area contributed by atoms with Gasteiger partial charge in [0.25, 0.3) is 0 Å². The van der Waals surface area contributed by atoms with Gasteiger partial charge >= 0.3 is 5.97 Å². The largest absolute Gasteiger partial charge is 0.468 e. The molecule has 0 unspecified atom stereocenters. The second-order valence-corrected chi connectivity index (χ2v) is 9.11. The van der Waals surface area contributed by atoms with Crippen molar-refractivity contribution in [2.24, 2.45) is 5.41 Å². The standard InChI is InChI=1S/C23H29NO4/c1-14-19(22(26)28-15-8-5-4-6-9-15)21(18-10-7-11-27-18)20-16(24-14)12-23(2,3)13-17(20)25/h7,10-11,15,21,24H,4-6,8-9,12-13H2,1-3H3/t21-/m0/s1. The van der Waals surface area contributed by atoms with E-state index in [9.17, 15) is 9.59 Å². The summed E-state index contributed by atoms with van der Waals surface area (Å²) in [7, 11) is 0. The van der Waals surface area contributed by atoms with E-state index >= 15 is 0 Å². The number of ketones is 1. The van der Waals surface area contributed by atoms with Crippen LogP contribution in [0.2, 0.25) is 0 Å². The molecule has 5 heteroatoms. The van der Waals surface area contributed by atoms with E-state index in [2.05, 4.69) is 19.2 Å². The summed E-state index contributed by atoms with van der Waals surface area (Å²) in [5.74, 6) is -0.124. The van der Waals surface area contributed by atoms with E-state index in [1.807, 2.05) is 13.0 Å². The minimum atomic E-state index is -0.494. The van der Waals surface area contributed by atoms with E-state index in [1.165, 1.54) is 6.42 Å². The number of esters is 1. The van der Waals surface area contributed by atoms with Crippen LogP contribution in [0.25, 0.3) is 0 Å². The van der Waals surface area contributed by atoms with Crippen molar-refractivity contribution in [2.45, 2.75) is 77.7 Å². The van der Waals surface area contributed by atoms with E-state index in [1.54, 1.807) is 12.3 Å². The lowest BCUT2D eigenvalue weighted by atomic mass is 9.69. The summed E-state index contributed by atoms with van der Waals surface area (Å²) < 4.78 is 11.6. The number of hydrogen-bond acceptors (Lipinski definition) is 5. The lowest BCUT2D eigenvalue weighted by molar-refractivity contribution is -0.146. The molecule has 3 aliphatic rings. The first kappa shape index (κ1) is 19.0. The average Bonchev–Trinajstić information content (AvgIpc) is 3.14. The van der Waals surface area contributed by atoms with Crippen molar-refractivity contribution in [3.8, 4) is 0 Å². The molecule has 2 aliphatic carbocycles. The lowest BCUT2D eigenvalue weighted by Crippen LogP contribution is -2.39. The maximum Gasteiger partial charge on any atom is 0.337 e. The molecule has 1 fully saturated rings. The second kappa shape index (κ2) is 7.26. The van der Waals surface area contributed by atoms with Gasteiger partial charge in [-0.05, 0) is 56.6 Å². The molecule has 4 rings (SSSR count). The normalized spacial score (nSPS) is 25.4. The number of allylic oxidation sites excluding steroid dienone is 3. The van der Waals surface area contributed by atoms with Crippen LogP contribution in [0.5, 0.6) is 0 Å². The first-order chi connectivity index (χ1) is 13.4. The summed E-state index contributed by atoms with van der Waals surface area (Å²) in [4.78, 5) is 26.3. The molecular formula is C23H29NO4. The molecule has 1 atom stereocenters. The Labute approximate surface area is 166 Å². The molecule has 0 bridgehead atoms. The van der Waals surface area contributed by atoms with Gasteiger partial charge in [0.15, 0.2) is 5.78 Å². The van der Waals surface area contributed by atoms with E-state index < -0.39 is 5.92 Å². The molecule has 0 radical (unpaired) electrons. The number of furan rings is 1. The lowest BCUT2D eigenvalue weighted by Gasteiger charge is -2.39. The minimum Gasteiger partial charge on any atom is -0.468 e. The number of dihydropyridines is 1. The number of hydrogen-bond donors (Lipinski definition) is 1. The number of rotatable bonds is 3. The minimum absolute atomic E-state index is 0.0323. The van der Waals surface area contributed by atoms with E-state index in [4.69, 9.17) is 9.15 Å². The molecule has 150 valence electrons. The van der Waals surface area contributed by atoms with Crippen LogP contribution in [-0.2, 0) is 14.3 Å². The summed E-state index contributed by atoms with van der Waals surface area (Å²) in [5, 5.41) is 3.36. The molecule has 28 heavy (non-hydrogen) atoms. The SMILES string of the molecule is CC1=C(C(=O)OC2CCCCC2)[C@H](c2ccco2)C2=C(CC(C)(C)CC2=O)N1. The van der Waals surface area contributed by atoms with Gasteiger partial charge in [0.1, 0.15) is 11.9 Å². The number of carbonyl (C=O) groups is 2. The van der Waals surface area contributed by atoms with Crippen molar-refractivity contribution < 1.29 is 18.7 Å². The summed E-state index contributed by atoms with van der Waals surface area (Å²) in [5.41, 5.74) is 2.74. The van der Waals surface area contributed by atoms with Crippen molar-refractivity contribution >= 4 is 11.8 Å². The average molecular weight is 383 g/mol. The van der Waals surface area contributed by atoms with Crippen molar-refractivity contribution in [1.82, 2.24) is 5.32 Å². The van der Waals surface area contributed by atoms with Gasteiger partial charge in [-0.25, -0.2) is 4.79 Å². The fourth-order valence-corrected chi connectivity index (χ4v) is 4.84. The van der Waals surface area contributed by atoms with Gasteiger partial charge in [0.2, 0.25) is 0 Å². The maximum atomic E-state index is 13.2. The molecule has 1 aromatic heterocycles. The number of nitrogens with one attached hydrogen (secondary N) is 1. The number of ether oxygens (including phenoxy) is 1. The van der Waals surface area contributed by atoms with Gasteiger partial charge in [-0.1, -0.05) is 20.3 Å². The highest BCUT2D eigenvalue weighted by atomic mass is 16.5. The third kappa shape index (κ3) is 3.54. The van der Waals surface area contributed by atoms with Crippen molar-refractivity contribution in [3.63, 3.8) is 0 Å². The Kier molecular flexibility index (Phi) is 4.94. The van der Waals surface area contributed by atoms with Crippen molar-refractivity contribution in [1.29, 1.82) is 0 Å². The van der Waals surface area contributed by atoms with E-state index in [0.29, 0.717) is 23.3 Å². The molecule has 1 N–H and O–H groups in total. The fraction of sp³-hybridized carbons (Fsp3) is 0.565. The van der Waals surface area contributed by atoms with Crippen LogP contribution >= 0.6 is 0 Å². The Morgan fingerprint density at radius 2 is 1.96 bits per heavy atom. The predicted octanol–water partition coefficient (Wildman–Crippen LogP) is 4.76. The predicted molar refractivity (Wildman–Crippen MR) is 105 cm³/mol. The summed E-state index contributed by atoms with van der Waals surface area (Å²) in [6.45, 7) is 6.09. The van der Waals surface area contributed by atoms with Crippen molar-refractivity contribution in [3.05, 3.63) is 46.7 Å². The van der Waals surface area contributed by atoms with Crippen LogP contribution in [0.4, 0.5) is 0 Å². The molecule has 1 aromatic rings. The summed E-state index contributed by atoms with van der Waals surface area (Å²) >= 11 is 0. The smallest absolute Gasteiger partial charge is 0.337 e. The quantitative estimate of drug-likeness (QED) is 0.762. The molecule has 0 saturated heterocycles. The second-order valence-electron chi connectivity index (χ2n) is 9.11. The molecule has 0 amide bonds. The molecule has 1 aliphatic heterocycles. The van der Waals surface area contributed by atoms with Gasteiger partial charge in [0.05, 0.1) is 17.8 Å². The molecule has 0 aromatic carbocycles. The van der Waals surface area contributed by atoms with Crippen LogP contribution in [0.1, 0.15) is 77.4 Å². The Balaban J connectivity index is 1.71. The zero-order valence-corrected chi connectivity index (χ0v) is 17.0. The van der Waals surface area contributed by atoms with Gasteiger partial charge in [-0.2, -0.15) is 0 Å². The third-order valence-electron chi connectivity index (χ3n) is 6.11. The van der Waals surface area contributed by atoms with Crippen LogP contribution < -0.4 is 5.32 Å². The maximum absolute atomic E-state index is 13.2.